The molecule has 0 spiro atoms. The molecule has 1 aliphatic rings. The Bertz CT molecular complexity index is 2390. The number of aromatic nitrogens is 2. The van der Waals surface area contributed by atoms with Gasteiger partial charge in [0.1, 0.15) is 0 Å². The van der Waals surface area contributed by atoms with Gasteiger partial charge in [-0.15, -0.1) is 0 Å². The van der Waals surface area contributed by atoms with Crippen LogP contribution in [0.2, 0.25) is 0 Å². The molecule has 0 bridgehead atoms. The molecule has 0 amide bonds. The lowest BCUT2D eigenvalue weighted by atomic mass is 10.0. The Hall–Kier alpha value is -5.50. The normalized spacial score (nSPS) is 15.3. The van der Waals surface area contributed by atoms with Crippen LogP contribution in [0.25, 0.3) is 61.1 Å². The minimum Gasteiger partial charge on any atom is -0.309 e. The number of hydrogen-bond donors (Lipinski definition) is 0. The van der Waals surface area contributed by atoms with Crippen LogP contribution in [-0.4, -0.2) is 9.55 Å². The summed E-state index contributed by atoms with van der Waals surface area (Å²) in [6, 6.07) is 56.1. The van der Waals surface area contributed by atoms with E-state index in [2.05, 4.69) is 120 Å². The summed E-state index contributed by atoms with van der Waals surface area (Å²) in [6.45, 7) is 0. The average molecular weight is 595 g/mol. The first-order valence-electron chi connectivity index (χ1n) is 15.2. The van der Waals surface area contributed by atoms with E-state index in [4.69, 9.17) is 4.98 Å². The van der Waals surface area contributed by atoms with Gasteiger partial charge >= 0.3 is 0 Å². The summed E-state index contributed by atoms with van der Waals surface area (Å²) in [5, 5.41) is 4.96. The van der Waals surface area contributed by atoms with E-state index >= 15 is 4.57 Å². The number of fused-ring (bicyclic) bond motifs is 7. The van der Waals surface area contributed by atoms with E-state index in [1.54, 1.807) is 0 Å². The molecule has 6 aromatic carbocycles. The van der Waals surface area contributed by atoms with Crippen LogP contribution < -0.4 is 15.9 Å². The van der Waals surface area contributed by atoms with Gasteiger partial charge in [-0.2, -0.15) is 0 Å². The summed E-state index contributed by atoms with van der Waals surface area (Å²) in [5.41, 5.74) is 9.19. The molecule has 0 radical (unpaired) electrons. The highest BCUT2D eigenvalue weighted by Gasteiger charge is 2.41. The SMILES string of the molecule is O=P1(c2ccccc2)c2ccccc2-c2c1ccc1c3ccccc3n(-c3cc(-c4ccccc4)nc(-c4ccccc4)c3)c21. The Kier molecular flexibility index (Phi) is 5.78. The molecular formula is C41H27N2OP. The van der Waals surface area contributed by atoms with Crippen molar-refractivity contribution in [3.8, 4) is 39.3 Å². The van der Waals surface area contributed by atoms with Gasteiger partial charge in [-0.25, -0.2) is 4.98 Å². The van der Waals surface area contributed by atoms with Gasteiger partial charge in [0.15, 0.2) is 7.14 Å². The van der Waals surface area contributed by atoms with Crippen molar-refractivity contribution in [2.24, 2.45) is 0 Å². The molecule has 8 aromatic rings. The Balaban J connectivity index is 1.43. The number of benzene rings is 6. The molecule has 3 nitrogen and oxygen atoms in total. The fourth-order valence-corrected chi connectivity index (χ4v) is 10.1. The van der Waals surface area contributed by atoms with Gasteiger partial charge in [-0.3, -0.25) is 0 Å². The first-order chi connectivity index (χ1) is 22.2. The summed E-state index contributed by atoms with van der Waals surface area (Å²) in [6.07, 6.45) is 0. The summed E-state index contributed by atoms with van der Waals surface area (Å²) < 4.78 is 17.8. The van der Waals surface area contributed by atoms with Gasteiger partial charge in [-0.1, -0.05) is 140 Å². The van der Waals surface area contributed by atoms with Crippen molar-refractivity contribution in [3.63, 3.8) is 0 Å². The second-order valence-corrected chi connectivity index (χ2v) is 14.2. The first-order valence-corrected chi connectivity index (χ1v) is 16.9. The summed E-state index contributed by atoms with van der Waals surface area (Å²) in [5.74, 6) is 0. The molecule has 212 valence electrons. The molecule has 0 saturated heterocycles. The van der Waals surface area contributed by atoms with Crippen molar-refractivity contribution in [1.82, 2.24) is 9.55 Å². The Morgan fingerprint density at radius 3 is 1.78 bits per heavy atom. The van der Waals surface area contributed by atoms with Crippen molar-refractivity contribution in [2.45, 2.75) is 0 Å². The number of para-hydroxylation sites is 1. The highest BCUT2D eigenvalue weighted by molar-refractivity contribution is 7.86. The first kappa shape index (κ1) is 25.9. The minimum absolute atomic E-state index is 0.861. The standard InChI is InChI=1S/C41H27N2OP/c44-45(31-18-8-3-9-19-31)38-23-13-11-21-34(38)40-39(45)25-24-33-32-20-10-12-22-37(32)43(41(33)40)30-26-35(28-14-4-1-5-15-28)42-36(27-30)29-16-6-2-7-17-29/h1-27H. The molecule has 0 aliphatic carbocycles. The maximum Gasteiger partial charge on any atom is 0.172 e. The fraction of sp³-hybridized carbons (Fsp3) is 0. The third-order valence-electron chi connectivity index (χ3n) is 8.99. The van der Waals surface area contributed by atoms with Crippen molar-refractivity contribution in [2.75, 3.05) is 0 Å². The highest BCUT2D eigenvalue weighted by Crippen LogP contribution is 2.54. The number of pyridine rings is 1. The fourth-order valence-electron chi connectivity index (χ4n) is 7.01. The molecular weight excluding hydrogens is 567 g/mol. The van der Waals surface area contributed by atoms with Crippen LogP contribution in [-0.2, 0) is 4.57 Å². The number of nitrogens with zero attached hydrogens (tertiary/aromatic N) is 2. The molecule has 2 aromatic heterocycles. The Morgan fingerprint density at radius 2 is 1.09 bits per heavy atom. The molecule has 3 heterocycles. The van der Waals surface area contributed by atoms with E-state index in [0.717, 1.165) is 77.0 Å². The van der Waals surface area contributed by atoms with Crippen molar-refractivity contribution in [3.05, 3.63) is 164 Å². The van der Waals surface area contributed by atoms with Gasteiger partial charge in [-0.05, 0) is 29.8 Å². The Labute approximate surface area is 261 Å². The third kappa shape index (κ3) is 3.84. The zero-order valence-corrected chi connectivity index (χ0v) is 25.2. The molecule has 45 heavy (non-hydrogen) atoms. The number of hydrogen-bond acceptors (Lipinski definition) is 2. The predicted octanol–water partition coefficient (Wildman–Crippen LogP) is 9.13. The number of rotatable bonds is 4. The summed E-state index contributed by atoms with van der Waals surface area (Å²) >= 11 is 0. The molecule has 1 aliphatic heterocycles. The van der Waals surface area contributed by atoms with Gasteiger partial charge in [0, 0.05) is 43.4 Å². The lowest BCUT2D eigenvalue weighted by Gasteiger charge is -2.16. The average Bonchev–Trinajstić information content (AvgIpc) is 3.60. The van der Waals surface area contributed by atoms with Crippen molar-refractivity contribution >= 4 is 44.9 Å². The zero-order valence-electron chi connectivity index (χ0n) is 24.3. The van der Waals surface area contributed by atoms with Crippen LogP contribution >= 0.6 is 7.14 Å². The molecule has 0 N–H and O–H groups in total. The molecule has 1 atom stereocenters. The third-order valence-corrected chi connectivity index (χ3v) is 12.1. The minimum atomic E-state index is -3.10. The monoisotopic (exact) mass is 594 g/mol. The van der Waals surface area contributed by atoms with E-state index in [0.29, 0.717) is 0 Å². The second-order valence-electron chi connectivity index (χ2n) is 11.5. The van der Waals surface area contributed by atoms with Crippen LogP contribution in [0.1, 0.15) is 0 Å². The van der Waals surface area contributed by atoms with Crippen molar-refractivity contribution < 1.29 is 4.57 Å². The molecule has 4 heteroatoms. The van der Waals surface area contributed by atoms with E-state index in [1.165, 1.54) is 0 Å². The highest BCUT2D eigenvalue weighted by atomic mass is 31.2. The smallest absolute Gasteiger partial charge is 0.172 e. The topological polar surface area (TPSA) is 34.9 Å². The molecule has 1 unspecified atom stereocenters. The maximum atomic E-state index is 15.4. The van der Waals surface area contributed by atoms with Crippen LogP contribution in [0.3, 0.4) is 0 Å². The largest absolute Gasteiger partial charge is 0.309 e. The van der Waals surface area contributed by atoms with Crippen LogP contribution in [0.5, 0.6) is 0 Å². The van der Waals surface area contributed by atoms with E-state index < -0.39 is 7.14 Å². The van der Waals surface area contributed by atoms with E-state index in [1.807, 2.05) is 48.5 Å². The van der Waals surface area contributed by atoms with Crippen LogP contribution in [0, 0.1) is 0 Å². The maximum absolute atomic E-state index is 15.4. The summed E-state index contributed by atoms with van der Waals surface area (Å²) in [7, 11) is -3.10. The lowest BCUT2D eigenvalue weighted by Crippen LogP contribution is -2.20. The quantitative estimate of drug-likeness (QED) is 0.191. The molecule has 9 rings (SSSR count). The van der Waals surface area contributed by atoms with Gasteiger partial charge < -0.3 is 9.13 Å². The van der Waals surface area contributed by atoms with E-state index in [-0.39, 0.29) is 0 Å². The second kappa shape index (κ2) is 10.0. The van der Waals surface area contributed by atoms with Crippen LogP contribution in [0.15, 0.2) is 164 Å². The van der Waals surface area contributed by atoms with E-state index in [9.17, 15) is 0 Å². The predicted molar refractivity (Wildman–Crippen MR) is 188 cm³/mol. The van der Waals surface area contributed by atoms with Gasteiger partial charge in [0.25, 0.3) is 0 Å². The van der Waals surface area contributed by atoms with Gasteiger partial charge in [0.05, 0.1) is 28.1 Å². The molecule has 0 fully saturated rings. The molecule has 0 saturated carbocycles. The van der Waals surface area contributed by atoms with Gasteiger partial charge in [0.2, 0.25) is 0 Å². The van der Waals surface area contributed by atoms with Crippen molar-refractivity contribution in [1.29, 1.82) is 0 Å². The van der Waals surface area contributed by atoms with Crippen LogP contribution in [0.4, 0.5) is 0 Å². The summed E-state index contributed by atoms with van der Waals surface area (Å²) in [4.78, 5) is 5.16. The Morgan fingerprint density at radius 1 is 0.511 bits per heavy atom. The zero-order chi connectivity index (χ0) is 30.0. The lowest BCUT2D eigenvalue weighted by molar-refractivity contribution is 0.593.